The fourth-order valence-electron chi connectivity index (χ4n) is 2.34. The Morgan fingerprint density at radius 2 is 2.40 bits per heavy atom. The summed E-state index contributed by atoms with van der Waals surface area (Å²) in [7, 11) is 0. The van der Waals surface area contributed by atoms with Crippen molar-refractivity contribution in [1.82, 2.24) is 0 Å². The molecule has 0 spiro atoms. The Bertz CT molecular complexity index is 288. The Morgan fingerprint density at radius 1 is 1.60 bits per heavy atom. The van der Waals surface area contributed by atoms with Crippen molar-refractivity contribution in [2.75, 3.05) is 0 Å². The van der Waals surface area contributed by atoms with Crippen molar-refractivity contribution >= 4 is 11.9 Å². The van der Waals surface area contributed by atoms with Crippen LogP contribution in [0.25, 0.3) is 0 Å². The molecule has 2 aliphatic rings. The predicted molar refractivity (Wildman–Crippen MR) is 56.0 cm³/mol. The Hall–Kier alpha value is -1.06. The fraction of sp³-hybridized carbons (Fsp3) is 0.818. The first-order valence-electron chi connectivity index (χ1n) is 5.67. The second kappa shape index (κ2) is 4.21. The van der Waals surface area contributed by atoms with E-state index in [9.17, 15) is 4.79 Å². The molecule has 1 aliphatic carbocycles. The van der Waals surface area contributed by atoms with Crippen LogP contribution >= 0.6 is 0 Å². The number of fused-ring (bicyclic) bond motifs is 1. The van der Waals surface area contributed by atoms with Crippen molar-refractivity contribution in [1.29, 1.82) is 0 Å². The van der Waals surface area contributed by atoms with Crippen LogP contribution in [0.15, 0.2) is 4.99 Å². The molecule has 4 heteroatoms. The summed E-state index contributed by atoms with van der Waals surface area (Å²) in [6.07, 6.45) is 4.15. The van der Waals surface area contributed by atoms with E-state index >= 15 is 0 Å². The largest absolute Gasteiger partial charge is 0.481 e. The summed E-state index contributed by atoms with van der Waals surface area (Å²) in [6, 6.07) is 0.224. The van der Waals surface area contributed by atoms with Gasteiger partial charge in [-0.15, -0.1) is 0 Å². The van der Waals surface area contributed by atoms with E-state index in [4.69, 9.17) is 9.84 Å². The van der Waals surface area contributed by atoms with Gasteiger partial charge in [0.15, 0.2) is 5.90 Å². The van der Waals surface area contributed by atoms with E-state index in [0.29, 0.717) is 6.42 Å². The van der Waals surface area contributed by atoms with Gasteiger partial charge in [-0.25, -0.2) is 4.99 Å². The normalized spacial score (nSPS) is 34.2. The predicted octanol–water partition coefficient (Wildman–Crippen LogP) is 1.84. The number of aliphatic carboxylic acids is 1. The van der Waals surface area contributed by atoms with E-state index in [0.717, 1.165) is 31.6 Å². The first-order valence-corrected chi connectivity index (χ1v) is 5.67. The molecule has 3 unspecified atom stereocenters. The molecule has 84 valence electrons. The van der Waals surface area contributed by atoms with Crippen LogP contribution in [0.5, 0.6) is 0 Å². The molecule has 15 heavy (non-hydrogen) atoms. The van der Waals surface area contributed by atoms with E-state index in [-0.39, 0.29) is 18.1 Å². The lowest BCUT2D eigenvalue weighted by Gasteiger charge is -2.26. The van der Waals surface area contributed by atoms with Crippen LogP contribution in [0.2, 0.25) is 0 Å². The van der Waals surface area contributed by atoms with Crippen molar-refractivity contribution in [3.8, 4) is 0 Å². The van der Waals surface area contributed by atoms with Crippen LogP contribution < -0.4 is 0 Å². The number of carbonyl (C=O) groups is 1. The van der Waals surface area contributed by atoms with Gasteiger partial charge in [0.1, 0.15) is 6.10 Å². The van der Waals surface area contributed by atoms with Crippen molar-refractivity contribution in [2.24, 2.45) is 10.9 Å². The Morgan fingerprint density at radius 3 is 3.07 bits per heavy atom. The molecule has 2 rings (SSSR count). The Labute approximate surface area is 89.3 Å². The summed E-state index contributed by atoms with van der Waals surface area (Å²) < 4.78 is 5.67. The lowest BCUT2D eigenvalue weighted by molar-refractivity contribution is -0.143. The third-order valence-electron chi connectivity index (χ3n) is 3.17. The van der Waals surface area contributed by atoms with Crippen LogP contribution in [0, 0.1) is 5.92 Å². The maximum atomic E-state index is 10.9. The molecule has 0 aromatic heterocycles. The first kappa shape index (κ1) is 10.5. The van der Waals surface area contributed by atoms with E-state index in [1.807, 2.05) is 0 Å². The van der Waals surface area contributed by atoms with Gasteiger partial charge in [-0.1, -0.05) is 6.92 Å². The lowest BCUT2D eigenvalue weighted by Crippen LogP contribution is -2.34. The fourth-order valence-corrected chi connectivity index (χ4v) is 2.34. The molecular formula is C11H17NO3. The quantitative estimate of drug-likeness (QED) is 0.774. The maximum Gasteiger partial charge on any atom is 0.306 e. The third kappa shape index (κ3) is 2.13. The summed E-state index contributed by atoms with van der Waals surface area (Å²) in [5, 5.41) is 8.93. The third-order valence-corrected chi connectivity index (χ3v) is 3.17. The van der Waals surface area contributed by atoms with Gasteiger partial charge in [0.25, 0.3) is 0 Å². The van der Waals surface area contributed by atoms with Gasteiger partial charge in [0, 0.05) is 6.42 Å². The van der Waals surface area contributed by atoms with Crippen LogP contribution in [0.3, 0.4) is 0 Å². The molecule has 1 N–H and O–H groups in total. The molecule has 1 heterocycles. The standard InChI is InChI=1S/C11H17NO3/c1-2-3-10-12-8-5-4-7(11(13)14)6-9(8)15-10/h7-9H,2-6H2,1H3,(H,13,14). The monoisotopic (exact) mass is 211 g/mol. The summed E-state index contributed by atoms with van der Waals surface area (Å²) in [5.74, 6) is -0.0954. The molecule has 1 fully saturated rings. The highest BCUT2D eigenvalue weighted by molar-refractivity contribution is 5.78. The number of rotatable bonds is 3. The van der Waals surface area contributed by atoms with Crippen LogP contribution in [0.1, 0.15) is 39.0 Å². The molecule has 0 radical (unpaired) electrons. The molecular weight excluding hydrogens is 194 g/mol. The average Bonchev–Trinajstić information content (AvgIpc) is 2.59. The Balaban J connectivity index is 1.94. The summed E-state index contributed by atoms with van der Waals surface area (Å²) in [6.45, 7) is 2.09. The maximum absolute atomic E-state index is 10.9. The Kier molecular flexibility index (Phi) is 2.93. The molecule has 1 aliphatic heterocycles. The zero-order valence-corrected chi connectivity index (χ0v) is 8.98. The van der Waals surface area contributed by atoms with Crippen LogP contribution in [-0.2, 0) is 9.53 Å². The van der Waals surface area contributed by atoms with E-state index in [1.165, 1.54) is 0 Å². The van der Waals surface area contributed by atoms with Gasteiger partial charge in [0.05, 0.1) is 12.0 Å². The molecule has 0 bridgehead atoms. The van der Waals surface area contributed by atoms with Gasteiger partial charge in [0.2, 0.25) is 0 Å². The van der Waals surface area contributed by atoms with Crippen molar-refractivity contribution in [3.63, 3.8) is 0 Å². The van der Waals surface area contributed by atoms with Gasteiger partial charge in [-0.2, -0.15) is 0 Å². The molecule has 1 saturated carbocycles. The first-order chi connectivity index (χ1) is 7.20. The van der Waals surface area contributed by atoms with E-state index in [1.54, 1.807) is 0 Å². The van der Waals surface area contributed by atoms with Crippen LogP contribution in [-0.4, -0.2) is 29.1 Å². The van der Waals surface area contributed by atoms with Crippen molar-refractivity contribution in [3.05, 3.63) is 0 Å². The van der Waals surface area contributed by atoms with Gasteiger partial charge < -0.3 is 9.84 Å². The van der Waals surface area contributed by atoms with E-state index < -0.39 is 5.97 Å². The smallest absolute Gasteiger partial charge is 0.306 e. The number of carboxylic acid groups (broad SMARTS) is 1. The zero-order chi connectivity index (χ0) is 10.8. The van der Waals surface area contributed by atoms with Gasteiger partial charge in [-0.3, -0.25) is 4.79 Å². The van der Waals surface area contributed by atoms with E-state index in [2.05, 4.69) is 11.9 Å². The zero-order valence-electron chi connectivity index (χ0n) is 8.98. The topological polar surface area (TPSA) is 58.9 Å². The molecule has 0 aromatic rings. The molecule has 0 amide bonds. The van der Waals surface area contributed by atoms with Crippen LogP contribution in [0.4, 0.5) is 0 Å². The highest BCUT2D eigenvalue weighted by Crippen LogP contribution is 2.33. The van der Waals surface area contributed by atoms with Crippen molar-refractivity contribution < 1.29 is 14.6 Å². The number of aliphatic imine (C=N–C) groups is 1. The highest BCUT2D eigenvalue weighted by atomic mass is 16.5. The van der Waals surface area contributed by atoms with Crippen molar-refractivity contribution in [2.45, 2.75) is 51.2 Å². The highest BCUT2D eigenvalue weighted by Gasteiger charge is 2.38. The number of carboxylic acids is 1. The SMILES string of the molecule is CCCC1=NC2CCC(C(=O)O)CC2O1. The van der Waals surface area contributed by atoms with Gasteiger partial charge in [-0.05, 0) is 25.7 Å². The number of ether oxygens (including phenoxy) is 1. The van der Waals surface area contributed by atoms with Gasteiger partial charge >= 0.3 is 5.97 Å². The average molecular weight is 211 g/mol. The summed E-state index contributed by atoms with van der Waals surface area (Å²) >= 11 is 0. The number of nitrogens with zero attached hydrogens (tertiary/aromatic N) is 1. The molecule has 0 saturated heterocycles. The number of hydrogen-bond donors (Lipinski definition) is 1. The molecule has 0 aromatic carbocycles. The summed E-state index contributed by atoms with van der Waals surface area (Å²) in [5.41, 5.74) is 0. The second-order valence-corrected chi connectivity index (χ2v) is 4.34. The molecule has 4 nitrogen and oxygen atoms in total. The minimum absolute atomic E-state index is 0.0291. The lowest BCUT2D eigenvalue weighted by atomic mass is 9.84. The second-order valence-electron chi connectivity index (χ2n) is 4.34. The minimum Gasteiger partial charge on any atom is -0.481 e. The minimum atomic E-state index is -0.694. The number of hydrogen-bond acceptors (Lipinski definition) is 3. The summed E-state index contributed by atoms with van der Waals surface area (Å²) in [4.78, 5) is 15.4. The molecule has 3 atom stereocenters.